The second-order valence-corrected chi connectivity index (χ2v) is 4.40. The highest BCUT2D eigenvalue weighted by molar-refractivity contribution is 9.10. The van der Waals surface area contributed by atoms with E-state index in [1.807, 2.05) is 0 Å². The van der Waals surface area contributed by atoms with E-state index in [0.717, 1.165) is 0 Å². The number of halogens is 2. The van der Waals surface area contributed by atoms with Crippen molar-refractivity contribution in [2.45, 2.75) is 0 Å². The third-order valence-electron chi connectivity index (χ3n) is 2.23. The van der Waals surface area contributed by atoms with E-state index in [1.165, 1.54) is 30.5 Å². The van der Waals surface area contributed by atoms with E-state index in [0.29, 0.717) is 21.5 Å². The lowest BCUT2D eigenvalue weighted by Gasteiger charge is -2.07. The highest BCUT2D eigenvalue weighted by Crippen LogP contribution is 2.23. The van der Waals surface area contributed by atoms with Gasteiger partial charge < -0.3 is 11.1 Å². The van der Waals surface area contributed by atoms with Gasteiger partial charge in [-0.3, -0.25) is 4.79 Å². The van der Waals surface area contributed by atoms with Crippen molar-refractivity contribution < 1.29 is 9.18 Å². The number of aromatic nitrogens is 1. The van der Waals surface area contributed by atoms with Gasteiger partial charge in [0.05, 0.1) is 11.3 Å². The van der Waals surface area contributed by atoms with Crippen molar-refractivity contribution in [1.29, 1.82) is 0 Å². The van der Waals surface area contributed by atoms with E-state index in [-0.39, 0.29) is 5.91 Å². The molecule has 0 spiro atoms. The molecule has 0 unspecified atom stereocenters. The molecule has 1 heterocycles. The van der Waals surface area contributed by atoms with Crippen molar-refractivity contribution in [2.75, 3.05) is 11.1 Å². The Hall–Kier alpha value is -1.95. The van der Waals surface area contributed by atoms with Crippen LogP contribution in [0.1, 0.15) is 10.4 Å². The number of carbonyl (C=O) groups is 1. The van der Waals surface area contributed by atoms with E-state index in [1.54, 1.807) is 6.07 Å². The largest absolute Gasteiger partial charge is 0.384 e. The highest BCUT2D eigenvalue weighted by Gasteiger charge is 2.09. The molecule has 0 saturated carbocycles. The van der Waals surface area contributed by atoms with Gasteiger partial charge in [0.15, 0.2) is 0 Å². The van der Waals surface area contributed by atoms with Crippen molar-refractivity contribution in [3.05, 3.63) is 52.4 Å². The first kappa shape index (κ1) is 12.5. The molecule has 0 aliphatic carbocycles. The Bertz CT molecular complexity index is 586. The summed E-state index contributed by atoms with van der Waals surface area (Å²) in [4.78, 5) is 15.7. The van der Waals surface area contributed by atoms with Crippen LogP contribution in [0.25, 0.3) is 0 Å². The molecule has 1 aromatic heterocycles. The number of nitrogen functional groups attached to an aromatic ring is 1. The number of hydrogen-bond acceptors (Lipinski definition) is 3. The fourth-order valence-electron chi connectivity index (χ4n) is 1.33. The van der Waals surface area contributed by atoms with Crippen molar-refractivity contribution in [2.24, 2.45) is 0 Å². The summed E-state index contributed by atoms with van der Waals surface area (Å²) in [7, 11) is 0. The zero-order valence-electron chi connectivity index (χ0n) is 9.15. The van der Waals surface area contributed by atoms with Gasteiger partial charge >= 0.3 is 0 Å². The maximum atomic E-state index is 13.1. The molecule has 4 nitrogen and oxygen atoms in total. The molecule has 92 valence electrons. The summed E-state index contributed by atoms with van der Waals surface area (Å²) in [6.07, 6.45) is 1.36. The summed E-state index contributed by atoms with van der Waals surface area (Å²) >= 11 is 3.23. The Morgan fingerprint density at radius 2 is 2.11 bits per heavy atom. The van der Waals surface area contributed by atoms with Crippen LogP contribution in [0.5, 0.6) is 0 Å². The Morgan fingerprint density at radius 3 is 2.78 bits per heavy atom. The van der Waals surface area contributed by atoms with Crippen LogP contribution in [0.2, 0.25) is 0 Å². The van der Waals surface area contributed by atoms with Gasteiger partial charge in [-0.25, -0.2) is 9.37 Å². The summed E-state index contributed by atoms with van der Waals surface area (Å²) in [6.45, 7) is 0. The maximum absolute atomic E-state index is 13.1. The average molecular weight is 310 g/mol. The van der Waals surface area contributed by atoms with Crippen LogP contribution < -0.4 is 11.1 Å². The fraction of sp³-hybridized carbons (Fsp3) is 0. The number of carbonyl (C=O) groups excluding carboxylic acids is 1. The van der Waals surface area contributed by atoms with Crippen LogP contribution >= 0.6 is 15.9 Å². The second-order valence-electron chi connectivity index (χ2n) is 3.55. The van der Waals surface area contributed by atoms with Gasteiger partial charge in [-0.2, -0.15) is 0 Å². The standard InChI is InChI=1S/C12H9BrFN3O/c13-9-3-2-8(14)5-10(9)17-12(18)7-1-4-11(15)16-6-7/h1-6H,(H2,15,16)(H,17,18). The molecule has 0 bridgehead atoms. The highest BCUT2D eigenvalue weighted by atomic mass is 79.9. The average Bonchev–Trinajstić information content (AvgIpc) is 2.34. The summed E-state index contributed by atoms with van der Waals surface area (Å²) in [5.41, 5.74) is 6.13. The third-order valence-corrected chi connectivity index (χ3v) is 2.92. The minimum absolute atomic E-state index is 0.332. The molecule has 2 aromatic rings. The third kappa shape index (κ3) is 2.84. The number of nitrogens with zero attached hydrogens (tertiary/aromatic N) is 1. The Balaban J connectivity index is 2.21. The molecule has 0 fully saturated rings. The molecule has 2 rings (SSSR count). The number of benzene rings is 1. The Morgan fingerprint density at radius 1 is 1.33 bits per heavy atom. The number of rotatable bonds is 2. The monoisotopic (exact) mass is 309 g/mol. The molecule has 1 aromatic carbocycles. The summed E-state index contributed by atoms with van der Waals surface area (Å²) in [5, 5.41) is 2.58. The van der Waals surface area contributed by atoms with E-state index < -0.39 is 5.82 Å². The minimum atomic E-state index is -0.427. The van der Waals surface area contributed by atoms with Gasteiger partial charge in [0.1, 0.15) is 11.6 Å². The number of amides is 1. The fourth-order valence-corrected chi connectivity index (χ4v) is 1.67. The Labute approximate surface area is 111 Å². The molecule has 0 atom stereocenters. The van der Waals surface area contributed by atoms with Crippen LogP contribution in [0.3, 0.4) is 0 Å². The molecule has 3 N–H and O–H groups in total. The molecule has 0 aliphatic rings. The first-order chi connectivity index (χ1) is 8.56. The molecule has 18 heavy (non-hydrogen) atoms. The molecular formula is C12H9BrFN3O. The van der Waals surface area contributed by atoms with E-state index in [4.69, 9.17) is 5.73 Å². The number of nitrogens with one attached hydrogen (secondary N) is 1. The summed E-state index contributed by atoms with van der Waals surface area (Å²) < 4.78 is 13.6. The van der Waals surface area contributed by atoms with Gasteiger partial charge in [0.2, 0.25) is 0 Å². The van der Waals surface area contributed by atoms with Crippen molar-refractivity contribution >= 4 is 33.3 Å². The van der Waals surface area contributed by atoms with Crippen LogP contribution in [0.4, 0.5) is 15.9 Å². The summed E-state index contributed by atoms with van der Waals surface area (Å²) in [6, 6.07) is 7.11. The van der Waals surface area contributed by atoms with Gasteiger partial charge in [-0.1, -0.05) is 0 Å². The predicted octanol–water partition coefficient (Wildman–Crippen LogP) is 2.82. The Kier molecular flexibility index (Phi) is 3.57. The van der Waals surface area contributed by atoms with Gasteiger partial charge in [-0.15, -0.1) is 0 Å². The van der Waals surface area contributed by atoms with Gasteiger partial charge in [0.25, 0.3) is 5.91 Å². The predicted molar refractivity (Wildman–Crippen MR) is 70.7 cm³/mol. The molecule has 1 amide bonds. The number of nitrogens with two attached hydrogens (primary N) is 1. The molecule has 6 heteroatoms. The number of anilines is 2. The van der Waals surface area contributed by atoms with Crippen molar-refractivity contribution in [3.63, 3.8) is 0 Å². The van der Waals surface area contributed by atoms with Crippen LogP contribution in [0.15, 0.2) is 41.0 Å². The van der Waals surface area contributed by atoms with Crippen molar-refractivity contribution in [1.82, 2.24) is 4.98 Å². The van der Waals surface area contributed by atoms with Gasteiger partial charge in [-0.05, 0) is 46.3 Å². The normalized spacial score (nSPS) is 10.1. The molecular weight excluding hydrogens is 301 g/mol. The van der Waals surface area contributed by atoms with Crippen molar-refractivity contribution in [3.8, 4) is 0 Å². The first-order valence-electron chi connectivity index (χ1n) is 5.04. The number of pyridine rings is 1. The van der Waals surface area contributed by atoms with Gasteiger partial charge in [0, 0.05) is 10.7 Å². The maximum Gasteiger partial charge on any atom is 0.257 e. The number of hydrogen-bond donors (Lipinski definition) is 2. The first-order valence-corrected chi connectivity index (χ1v) is 5.83. The molecule has 0 aliphatic heterocycles. The molecule has 0 saturated heterocycles. The summed E-state index contributed by atoms with van der Waals surface area (Å²) in [5.74, 6) is -0.476. The molecule has 0 radical (unpaired) electrons. The lowest BCUT2D eigenvalue weighted by atomic mass is 10.2. The quantitative estimate of drug-likeness (QED) is 0.896. The SMILES string of the molecule is Nc1ccc(C(=O)Nc2cc(F)ccc2Br)cn1. The smallest absolute Gasteiger partial charge is 0.257 e. The topological polar surface area (TPSA) is 68.0 Å². The lowest BCUT2D eigenvalue weighted by molar-refractivity contribution is 0.102. The van der Waals surface area contributed by atoms with E-state index in [9.17, 15) is 9.18 Å². The zero-order chi connectivity index (χ0) is 13.1. The van der Waals surface area contributed by atoms with Crippen LogP contribution in [0, 0.1) is 5.82 Å². The second kappa shape index (κ2) is 5.14. The van der Waals surface area contributed by atoms with Crippen LogP contribution in [-0.4, -0.2) is 10.9 Å². The van der Waals surface area contributed by atoms with E-state index in [2.05, 4.69) is 26.2 Å². The van der Waals surface area contributed by atoms with E-state index >= 15 is 0 Å². The zero-order valence-corrected chi connectivity index (χ0v) is 10.7. The minimum Gasteiger partial charge on any atom is -0.384 e. The lowest BCUT2D eigenvalue weighted by Crippen LogP contribution is -2.13. The van der Waals surface area contributed by atoms with Crippen LogP contribution in [-0.2, 0) is 0 Å².